The first-order chi connectivity index (χ1) is 28.0. The van der Waals surface area contributed by atoms with Crippen LogP contribution in [0, 0.1) is 5.41 Å². The first-order valence-corrected chi connectivity index (χ1v) is 23.5. The van der Waals surface area contributed by atoms with Crippen LogP contribution in [-0.4, -0.2) is 74.0 Å². The molecule has 0 aromatic rings. The van der Waals surface area contributed by atoms with E-state index < -0.39 is 23.7 Å². The van der Waals surface area contributed by atoms with Crippen molar-refractivity contribution in [3.63, 3.8) is 0 Å². The quantitative estimate of drug-likeness (QED) is 0.0281. The maximum Gasteiger partial charge on any atom is 0.312 e. The average Bonchev–Trinajstić information content (AvgIpc) is 3.59. The average molecular weight is 796 g/mol. The van der Waals surface area contributed by atoms with Gasteiger partial charge in [-0.3, -0.25) is 14.4 Å². The van der Waals surface area contributed by atoms with Crippen LogP contribution in [0.25, 0.3) is 0 Å². The second kappa shape index (κ2) is 31.2. The number of piperidine rings is 3. The minimum absolute atomic E-state index is 0.00900. The number of esters is 3. The van der Waals surface area contributed by atoms with Crippen LogP contribution in [0.2, 0.25) is 0 Å². The van der Waals surface area contributed by atoms with E-state index in [-0.39, 0.29) is 31.1 Å². The van der Waals surface area contributed by atoms with Gasteiger partial charge < -0.3 is 23.8 Å². The van der Waals surface area contributed by atoms with E-state index >= 15 is 0 Å². The molecule has 0 aromatic carbocycles. The highest BCUT2D eigenvalue weighted by molar-refractivity contribution is 5.77. The maximum atomic E-state index is 13.3. The second-order valence-electron chi connectivity index (χ2n) is 16.8. The van der Waals surface area contributed by atoms with Crippen LogP contribution in [0.5, 0.6) is 0 Å². The van der Waals surface area contributed by atoms with Gasteiger partial charge in [0.25, 0.3) is 0 Å². The Morgan fingerprint density at radius 3 is 1.51 bits per heavy atom. The summed E-state index contributed by atoms with van der Waals surface area (Å²) in [6.07, 6.45) is 43.7. The smallest absolute Gasteiger partial charge is 0.312 e. The number of ether oxygens (including phenoxy) is 4. The number of allylic oxidation sites excluding steroid dienone is 8. The standard InChI is InChI=1S/C49H81NO7/c1-3-5-7-9-11-13-15-17-19-21-23-25-27-29-31-33-45(51)56-44-42-54-43(41-55-48(53)49-35-38-50(39-36-49)40-37-49)47(44)57-46(52)34-32-30-28-26-24-22-20-18-16-14-12-10-8-6-4-2/h11-14,17-20,43-44,47H,3-10,15-16,21-42H2,1-2H3/b13-11-,14-12-,19-17-,20-18-/t43?,44-,47-/m0/s1. The molecule has 0 spiro atoms. The lowest BCUT2D eigenvalue weighted by Gasteiger charge is -2.46. The van der Waals surface area contributed by atoms with Gasteiger partial charge in [-0.05, 0) is 116 Å². The molecule has 1 unspecified atom stereocenters. The van der Waals surface area contributed by atoms with Crippen molar-refractivity contribution in [2.24, 2.45) is 5.41 Å². The van der Waals surface area contributed by atoms with Crippen molar-refractivity contribution >= 4 is 17.9 Å². The highest BCUT2D eigenvalue weighted by Gasteiger charge is 2.48. The molecule has 0 aromatic heterocycles. The largest absolute Gasteiger partial charge is 0.462 e. The van der Waals surface area contributed by atoms with Crippen LogP contribution in [0.15, 0.2) is 48.6 Å². The Kier molecular flexibility index (Phi) is 26.7. The topological polar surface area (TPSA) is 91.4 Å². The molecule has 4 fully saturated rings. The number of carbonyl (C=O) groups is 3. The number of hydrogen-bond acceptors (Lipinski definition) is 8. The first kappa shape index (κ1) is 48.7. The minimum Gasteiger partial charge on any atom is -0.462 e. The number of rotatable bonds is 33. The van der Waals surface area contributed by atoms with E-state index in [2.05, 4.69) is 67.4 Å². The summed E-state index contributed by atoms with van der Waals surface area (Å²) in [6.45, 7) is 7.37. The van der Waals surface area contributed by atoms with Crippen LogP contribution in [0.1, 0.15) is 187 Å². The van der Waals surface area contributed by atoms with E-state index in [4.69, 9.17) is 18.9 Å². The molecule has 0 amide bonds. The highest BCUT2D eigenvalue weighted by atomic mass is 16.6. The lowest BCUT2D eigenvalue weighted by molar-refractivity contribution is -0.173. The fraction of sp³-hybridized carbons (Fsp3) is 0.776. The molecule has 3 atom stereocenters. The van der Waals surface area contributed by atoms with Crippen molar-refractivity contribution in [3.8, 4) is 0 Å². The van der Waals surface area contributed by atoms with E-state index in [0.717, 1.165) is 129 Å². The Hall–Kier alpha value is -2.71. The molecule has 0 aliphatic carbocycles. The number of hydrogen-bond donors (Lipinski definition) is 0. The molecule has 4 heterocycles. The van der Waals surface area contributed by atoms with Gasteiger partial charge in [0.2, 0.25) is 0 Å². The molecule has 324 valence electrons. The zero-order valence-electron chi connectivity index (χ0n) is 36.3. The summed E-state index contributed by atoms with van der Waals surface area (Å²) < 4.78 is 23.7. The SMILES string of the molecule is CCCCC/C=C\C/C=C\CCCCCCCC(=O)O[C@H]1COC(COC(=O)C23CCN(CC2)CC3)[C@@H]1OC(=O)CCCCCCC/C=C\C/C=C\CCCCC. The summed E-state index contributed by atoms with van der Waals surface area (Å²) in [4.78, 5) is 41.7. The third kappa shape index (κ3) is 21.2. The van der Waals surface area contributed by atoms with Crippen molar-refractivity contribution < 1.29 is 33.3 Å². The van der Waals surface area contributed by atoms with Crippen molar-refractivity contribution in [1.29, 1.82) is 0 Å². The summed E-state index contributed by atoms with van der Waals surface area (Å²) in [5, 5.41) is 0. The van der Waals surface area contributed by atoms with Gasteiger partial charge in [-0.2, -0.15) is 0 Å². The van der Waals surface area contributed by atoms with Crippen LogP contribution in [0.3, 0.4) is 0 Å². The summed E-state index contributed by atoms with van der Waals surface area (Å²) in [7, 11) is 0. The third-order valence-electron chi connectivity index (χ3n) is 12.0. The zero-order valence-corrected chi connectivity index (χ0v) is 36.3. The van der Waals surface area contributed by atoms with Crippen LogP contribution < -0.4 is 0 Å². The molecular weight excluding hydrogens is 715 g/mol. The van der Waals surface area contributed by atoms with Crippen molar-refractivity contribution in [2.75, 3.05) is 32.8 Å². The van der Waals surface area contributed by atoms with Gasteiger partial charge in [-0.1, -0.05) is 127 Å². The molecule has 4 aliphatic heterocycles. The Labute approximate surface area is 347 Å². The molecule has 4 saturated heterocycles. The highest BCUT2D eigenvalue weighted by Crippen LogP contribution is 2.41. The normalized spacial score (nSPS) is 23.4. The number of nitrogens with zero attached hydrogens (tertiary/aromatic N) is 1. The molecule has 4 aliphatic rings. The maximum absolute atomic E-state index is 13.3. The lowest BCUT2D eigenvalue weighted by Crippen LogP contribution is -2.52. The lowest BCUT2D eigenvalue weighted by atomic mass is 9.72. The van der Waals surface area contributed by atoms with Gasteiger partial charge in [0.1, 0.15) is 12.7 Å². The Morgan fingerprint density at radius 1 is 0.579 bits per heavy atom. The number of fused-ring (bicyclic) bond motifs is 3. The summed E-state index contributed by atoms with van der Waals surface area (Å²) in [5.41, 5.74) is -0.423. The molecule has 8 heteroatoms. The van der Waals surface area contributed by atoms with Gasteiger partial charge in [0, 0.05) is 12.8 Å². The molecular formula is C49H81NO7. The van der Waals surface area contributed by atoms with E-state index in [1.807, 2.05) is 0 Å². The molecule has 2 bridgehead atoms. The van der Waals surface area contributed by atoms with Gasteiger partial charge in [-0.15, -0.1) is 0 Å². The van der Waals surface area contributed by atoms with E-state index in [0.29, 0.717) is 12.8 Å². The molecule has 0 N–H and O–H groups in total. The van der Waals surface area contributed by atoms with Crippen molar-refractivity contribution in [2.45, 2.75) is 206 Å². The fourth-order valence-corrected chi connectivity index (χ4v) is 8.09. The number of unbranched alkanes of at least 4 members (excludes halogenated alkanes) is 16. The number of carbonyl (C=O) groups excluding carboxylic acids is 3. The van der Waals surface area contributed by atoms with Gasteiger partial charge >= 0.3 is 17.9 Å². The minimum atomic E-state index is -0.789. The first-order valence-electron chi connectivity index (χ1n) is 23.5. The van der Waals surface area contributed by atoms with Crippen LogP contribution in [0.4, 0.5) is 0 Å². The van der Waals surface area contributed by atoms with E-state index in [1.54, 1.807) is 0 Å². The van der Waals surface area contributed by atoms with Gasteiger partial charge in [0.15, 0.2) is 12.2 Å². The van der Waals surface area contributed by atoms with Gasteiger partial charge in [-0.25, -0.2) is 0 Å². The summed E-state index contributed by atoms with van der Waals surface area (Å²) in [6, 6.07) is 0. The van der Waals surface area contributed by atoms with E-state index in [9.17, 15) is 14.4 Å². The molecule has 0 radical (unpaired) electrons. The fourth-order valence-electron chi connectivity index (χ4n) is 8.09. The van der Waals surface area contributed by atoms with Crippen molar-refractivity contribution in [1.82, 2.24) is 4.90 Å². The monoisotopic (exact) mass is 796 g/mol. The molecule has 4 rings (SSSR count). The Bertz CT molecular complexity index is 1190. The Balaban J connectivity index is 1.33. The zero-order chi connectivity index (χ0) is 40.7. The molecule has 8 nitrogen and oxygen atoms in total. The summed E-state index contributed by atoms with van der Waals surface area (Å²) in [5.74, 6) is -0.794. The third-order valence-corrected chi connectivity index (χ3v) is 12.0. The summed E-state index contributed by atoms with van der Waals surface area (Å²) >= 11 is 0. The Morgan fingerprint density at radius 2 is 1.02 bits per heavy atom. The van der Waals surface area contributed by atoms with Gasteiger partial charge in [0.05, 0.1) is 12.0 Å². The van der Waals surface area contributed by atoms with Crippen molar-refractivity contribution in [3.05, 3.63) is 48.6 Å². The molecule has 0 saturated carbocycles. The molecule has 57 heavy (non-hydrogen) atoms. The van der Waals surface area contributed by atoms with Crippen LogP contribution in [-0.2, 0) is 33.3 Å². The van der Waals surface area contributed by atoms with E-state index in [1.165, 1.54) is 51.4 Å². The predicted molar refractivity (Wildman–Crippen MR) is 232 cm³/mol. The van der Waals surface area contributed by atoms with Crippen LogP contribution >= 0.6 is 0 Å². The predicted octanol–water partition coefficient (Wildman–Crippen LogP) is 11.9. The second-order valence-corrected chi connectivity index (χ2v) is 16.8.